The monoisotopic (exact) mass is 228 g/mol. The Morgan fingerprint density at radius 1 is 1.24 bits per heavy atom. The van der Waals surface area contributed by atoms with Crippen LogP contribution in [0.15, 0.2) is 30.8 Å². The molecular formula is C16H20O. The summed E-state index contributed by atoms with van der Waals surface area (Å²) in [6, 6.07) is 7.84. The maximum Gasteiger partial charge on any atom is 0.118 e. The molecule has 0 heterocycles. The normalized spacial score (nSPS) is 9.29. The lowest BCUT2D eigenvalue weighted by Crippen LogP contribution is -1.84. The highest BCUT2D eigenvalue weighted by Gasteiger charge is 1.95. The van der Waals surface area contributed by atoms with Gasteiger partial charge in [-0.3, -0.25) is 0 Å². The van der Waals surface area contributed by atoms with Crippen LogP contribution in [0.5, 0.6) is 5.75 Å². The zero-order valence-electron chi connectivity index (χ0n) is 10.8. The van der Waals surface area contributed by atoms with Crippen LogP contribution in [-0.2, 0) is 0 Å². The van der Waals surface area contributed by atoms with Gasteiger partial charge in [-0.2, -0.15) is 0 Å². The van der Waals surface area contributed by atoms with Crippen molar-refractivity contribution in [3.05, 3.63) is 36.4 Å². The lowest BCUT2D eigenvalue weighted by Gasteiger charge is -2.01. The van der Waals surface area contributed by atoms with Gasteiger partial charge >= 0.3 is 0 Å². The van der Waals surface area contributed by atoms with Crippen molar-refractivity contribution in [2.24, 2.45) is 0 Å². The number of hydrogen-bond acceptors (Lipinski definition) is 1. The van der Waals surface area contributed by atoms with Gasteiger partial charge in [0.15, 0.2) is 0 Å². The molecule has 17 heavy (non-hydrogen) atoms. The highest BCUT2D eigenvalue weighted by molar-refractivity contribution is 5.77. The van der Waals surface area contributed by atoms with Gasteiger partial charge in [-0.15, -0.1) is 0 Å². The molecule has 0 aliphatic heterocycles. The van der Waals surface area contributed by atoms with E-state index in [4.69, 9.17) is 4.74 Å². The zero-order chi connectivity index (χ0) is 12.5. The fourth-order valence-corrected chi connectivity index (χ4v) is 1.50. The van der Waals surface area contributed by atoms with E-state index in [0.29, 0.717) is 0 Å². The predicted octanol–water partition coefficient (Wildman–Crippen LogP) is 4.29. The maximum absolute atomic E-state index is 5.11. The summed E-state index contributed by atoms with van der Waals surface area (Å²) in [4.78, 5) is 0. The highest BCUT2D eigenvalue weighted by Crippen LogP contribution is 2.16. The number of rotatable bonds is 5. The van der Waals surface area contributed by atoms with Crippen molar-refractivity contribution in [3.63, 3.8) is 0 Å². The largest absolute Gasteiger partial charge is 0.497 e. The van der Waals surface area contributed by atoms with Gasteiger partial charge in [0.05, 0.1) is 7.11 Å². The van der Waals surface area contributed by atoms with Crippen LogP contribution in [0.2, 0.25) is 0 Å². The third-order valence-corrected chi connectivity index (χ3v) is 2.58. The quantitative estimate of drug-likeness (QED) is 0.539. The molecule has 0 saturated heterocycles. The van der Waals surface area contributed by atoms with Gasteiger partial charge in [0.25, 0.3) is 0 Å². The predicted molar refractivity (Wildman–Crippen MR) is 73.9 cm³/mol. The Morgan fingerprint density at radius 3 is 2.53 bits per heavy atom. The maximum atomic E-state index is 5.11. The molecule has 0 aromatic heterocycles. The van der Waals surface area contributed by atoms with Crippen LogP contribution >= 0.6 is 0 Å². The van der Waals surface area contributed by atoms with Gasteiger partial charge in [-0.1, -0.05) is 50.3 Å². The van der Waals surface area contributed by atoms with E-state index in [-0.39, 0.29) is 0 Å². The minimum atomic E-state index is 0.859. The van der Waals surface area contributed by atoms with Gasteiger partial charge in [0.2, 0.25) is 0 Å². The summed E-state index contributed by atoms with van der Waals surface area (Å²) >= 11 is 0. The Morgan fingerprint density at radius 2 is 1.94 bits per heavy atom. The second kappa shape index (κ2) is 7.57. The molecule has 1 nitrogen and oxygen atoms in total. The Kier molecular flexibility index (Phi) is 5.96. The molecule has 0 saturated carbocycles. The molecule has 0 radical (unpaired) electrons. The van der Waals surface area contributed by atoms with Crippen molar-refractivity contribution < 1.29 is 4.74 Å². The van der Waals surface area contributed by atoms with Crippen molar-refractivity contribution in [1.82, 2.24) is 0 Å². The van der Waals surface area contributed by atoms with Crippen LogP contribution in [0.4, 0.5) is 0 Å². The third kappa shape index (κ3) is 4.78. The second-order valence-electron chi connectivity index (χ2n) is 3.97. The third-order valence-electron chi connectivity index (χ3n) is 2.58. The first-order valence-corrected chi connectivity index (χ1v) is 6.10. The topological polar surface area (TPSA) is 9.23 Å². The lowest BCUT2D eigenvalue weighted by atomic mass is 10.1. The molecule has 0 N–H and O–H groups in total. The first kappa shape index (κ1) is 13.4. The van der Waals surface area contributed by atoms with E-state index in [1.165, 1.54) is 19.3 Å². The second-order valence-corrected chi connectivity index (χ2v) is 3.97. The fourth-order valence-electron chi connectivity index (χ4n) is 1.50. The number of unbranched alkanes of at least 4 members (excludes halogenated alkanes) is 3. The average Bonchev–Trinajstić information content (AvgIpc) is 2.38. The number of benzene rings is 1. The lowest BCUT2D eigenvalue weighted by molar-refractivity contribution is 0.415. The Bertz CT molecular complexity index is 403. The standard InChI is InChI=1S/C16H20O/c1-4-5-6-7-8-9-14(2)15-10-12-16(17-3)13-11-15/h10-13H,2,4-7H2,1,3H3. The molecule has 1 aromatic carbocycles. The Labute approximate surface area is 105 Å². The van der Waals surface area contributed by atoms with Gasteiger partial charge < -0.3 is 4.74 Å². The summed E-state index contributed by atoms with van der Waals surface area (Å²) in [7, 11) is 1.66. The molecule has 0 atom stereocenters. The minimum Gasteiger partial charge on any atom is -0.497 e. The van der Waals surface area contributed by atoms with Gasteiger partial charge in [0.1, 0.15) is 5.75 Å². The number of allylic oxidation sites excluding steroid dienone is 1. The smallest absolute Gasteiger partial charge is 0.118 e. The van der Waals surface area contributed by atoms with Crippen LogP contribution in [0.25, 0.3) is 5.57 Å². The van der Waals surface area contributed by atoms with Crippen molar-refractivity contribution in [3.8, 4) is 17.6 Å². The van der Waals surface area contributed by atoms with Crippen LogP contribution in [0.3, 0.4) is 0 Å². The molecule has 0 aliphatic carbocycles. The molecule has 0 amide bonds. The Balaban J connectivity index is 2.51. The van der Waals surface area contributed by atoms with Crippen LogP contribution in [0.1, 0.15) is 38.2 Å². The van der Waals surface area contributed by atoms with Gasteiger partial charge in [0, 0.05) is 12.0 Å². The van der Waals surface area contributed by atoms with Crippen LogP contribution in [0, 0.1) is 11.8 Å². The highest BCUT2D eigenvalue weighted by atomic mass is 16.5. The molecular weight excluding hydrogens is 208 g/mol. The molecule has 0 aliphatic rings. The van der Waals surface area contributed by atoms with Crippen molar-refractivity contribution in [2.75, 3.05) is 7.11 Å². The molecule has 0 bridgehead atoms. The first-order valence-electron chi connectivity index (χ1n) is 6.10. The van der Waals surface area contributed by atoms with Crippen molar-refractivity contribution in [1.29, 1.82) is 0 Å². The van der Waals surface area contributed by atoms with Crippen LogP contribution < -0.4 is 4.74 Å². The van der Waals surface area contributed by atoms with Crippen molar-refractivity contribution >= 4 is 5.57 Å². The minimum absolute atomic E-state index is 0.859. The fraction of sp³-hybridized carbons (Fsp3) is 0.375. The first-order chi connectivity index (χ1) is 8.27. The summed E-state index contributed by atoms with van der Waals surface area (Å²) in [6.07, 6.45) is 4.63. The number of hydrogen-bond donors (Lipinski definition) is 0. The summed E-state index contributed by atoms with van der Waals surface area (Å²) < 4.78 is 5.11. The van der Waals surface area contributed by atoms with E-state index in [0.717, 1.165) is 23.3 Å². The molecule has 1 rings (SSSR count). The molecule has 0 fully saturated rings. The molecule has 1 aromatic rings. The van der Waals surface area contributed by atoms with E-state index < -0.39 is 0 Å². The van der Waals surface area contributed by atoms with Crippen LogP contribution in [-0.4, -0.2) is 7.11 Å². The molecule has 0 unspecified atom stereocenters. The summed E-state index contributed by atoms with van der Waals surface area (Å²) in [5.41, 5.74) is 1.94. The summed E-state index contributed by atoms with van der Waals surface area (Å²) in [5, 5.41) is 0. The summed E-state index contributed by atoms with van der Waals surface area (Å²) in [6.45, 7) is 6.18. The van der Waals surface area contributed by atoms with E-state index in [1.54, 1.807) is 7.11 Å². The molecule has 0 spiro atoms. The van der Waals surface area contributed by atoms with E-state index in [1.807, 2.05) is 24.3 Å². The van der Waals surface area contributed by atoms with Crippen molar-refractivity contribution in [2.45, 2.75) is 32.6 Å². The average molecular weight is 228 g/mol. The van der Waals surface area contributed by atoms with E-state index >= 15 is 0 Å². The Hall–Kier alpha value is -1.68. The zero-order valence-corrected chi connectivity index (χ0v) is 10.8. The molecule has 90 valence electrons. The van der Waals surface area contributed by atoms with E-state index in [9.17, 15) is 0 Å². The number of methoxy groups -OCH3 is 1. The number of ether oxygens (including phenoxy) is 1. The van der Waals surface area contributed by atoms with Gasteiger partial charge in [-0.05, 0) is 24.1 Å². The van der Waals surface area contributed by atoms with Gasteiger partial charge in [-0.25, -0.2) is 0 Å². The molecule has 1 heteroatoms. The van der Waals surface area contributed by atoms with E-state index in [2.05, 4.69) is 25.3 Å². The summed E-state index contributed by atoms with van der Waals surface area (Å²) in [5.74, 6) is 7.14. The SMILES string of the molecule is C=C(C#CCCCCC)c1ccc(OC)cc1.